The van der Waals surface area contributed by atoms with Crippen molar-refractivity contribution in [1.29, 1.82) is 0 Å². The Bertz CT molecular complexity index is 938. The van der Waals surface area contributed by atoms with Gasteiger partial charge in [0.25, 0.3) is 5.91 Å². The number of carbonyl (C=O) groups is 1. The Labute approximate surface area is 158 Å². The molecule has 0 aliphatic carbocycles. The summed E-state index contributed by atoms with van der Waals surface area (Å²) in [5.41, 5.74) is 0.544. The molecule has 0 fully saturated rings. The van der Waals surface area contributed by atoms with E-state index < -0.39 is 6.10 Å². The van der Waals surface area contributed by atoms with Gasteiger partial charge in [-0.25, -0.2) is 0 Å². The molecule has 3 rings (SSSR count). The molecule has 27 heavy (non-hydrogen) atoms. The highest BCUT2D eigenvalue weighted by molar-refractivity contribution is 5.96. The Morgan fingerprint density at radius 3 is 2.37 bits per heavy atom. The fourth-order valence-electron chi connectivity index (χ4n) is 2.85. The molecule has 1 atom stereocenters. The van der Waals surface area contributed by atoms with Crippen molar-refractivity contribution in [3.05, 3.63) is 60.7 Å². The number of hydrogen-bond donors (Lipinski definition) is 1. The van der Waals surface area contributed by atoms with Crippen LogP contribution in [0.15, 0.2) is 60.7 Å². The van der Waals surface area contributed by atoms with Gasteiger partial charge in [0.05, 0.1) is 19.9 Å². The van der Waals surface area contributed by atoms with E-state index in [4.69, 9.17) is 14.2 Å². The van der Waals surface area contributed by atoms with E-state index in [-0.39, 0.29) is 5.91 Å². The van der Waals surface area contributed by atoms with Gasteiger partial charge in [-0.05, 0) is 41.5 Å². The quantitative estimate of drug-likeness (QED) is 0.662. The summed E-state index contributed by atoms with van der Waals surface area (Å²) < 4.78 is 16.5. The molecule has 0 spiro atoms. The molecule has 5 heteroatoms. The molecule has 0 radical (unpaired) electrons. The van der Waals surface area contributed by atoms with Gasteiger partial charge in [-0.3, -0.25) is 4.79 Å². The van der Waals surface area contributed by atoms with E-state index in [0.717, 1.165) is 10.8 Å². The van der Waals surface area contributed by atoms with Crippen molar-refractivity contribution in [2.45, 2.75) is 19.4 Å². The fraction of sp³-hybridized carbons (Fsp3) is 0.227. The maximum atomic E-state index is 12.7. The highest BCUT2D eigenvalue weighted by Gasteiger charge is 2.20. The van der Waals surface area contributed by atoms with E-state index in [0.29, 0.717) is 29.4 Å². The molecule has 0 saturated carbocycles. The molecule has 0 heterocycles. The molecule has 0 aromatic heterocycles. The van der Waals surface area contributed by atoms with Crippen LogP contribution in [0.4, 0.5) is 5.69 Å². The van der Waals surface area contributed by atoms with Gasteiger partial charge in [0.15, 0.2) is 6.10 Å². The maximum absolute atomic E-state index is 12.7. The zero-order chi connectivity index (χ0) is 19.2. The number of nitrogens with one attached hydrogen (secondary N) is 1. The van der Waals surface area contributed by atoms with Gasteiger partial charge in [0, 0.05) is 6.07 Å². The summed E-state index contributed by atoms with van der Waals surface area (Å²) in [6.07, 6.45) is -0.0904. The lowest BCUT2D eigenvalue weighted by Gasteiger charge is -2.19. The molecular weight excluding hydrogens is 342 g/mol. The maximum Gasteiger partial charge on any atom is 0.265 e. The van der Waals surface area contributed by atoms with Gasteiger partial charge in [-0.15, -0.1) is 0 Å². The van der Waals surface area contributed by atoms with Gasteiger partial charge in [-0.2, -0.15) is 0 Å². The number of hydrogen-bond acceptors (Lipinski definition) is 4. The average molecular weight is 365 g/mol. The molecule has 0 saturated heterocycles. The normalized spacial score (nSPS) is 11.7. The minimum Gasteiger partial charge on any atom is -0.497 e. The number of rotatable bonds is 7. The van der Waals surface area contributed by atoms with Crippen LogP contribution in [0.25, 0.3) is 10.8 Å². The Morgan fingerprint density at radius 1 is 0.926 bits per heavy atom. The standard InChI is InChI=1S/C22H23NO4/c1-4-20(27-18-10-9-15-7-5-6-8-16(15)13-18)22(24)23-19-14-17(25-2)11-12-21(19)26-3/h5-14,20H,4H2,1-3H3,(H,23,24)/t20-/m0/s1. The van der Waals surface area contributed by atoms with Crippen molar-refractivity contribution < 1.29 is 19.0 Å². The number of methoxy groups -OCH3 is 2. The van der Waals surface area contributed by atoms with Crippen LogP contribution in [0.2, 0.25) is 0 Å². The molecule has 140 valence electrons. The van der Waals surface area contributed by atoms with Crippen molar-refractivity contribution >= 4 is 22.4 Å². The van der Waals surface area contributed by atoms with Crippen LogP contribution in [0.1, 0.15) is 13.3 Å². The van der Waals surface area contributed by atoms with Crippen molar-refractivity contribution in [2.24, 2.45) is 0 Å². The van der Waals surface area contributed by atoms with Crippen LogP contribution >= 0.6 is 0 Å². The Kier molecular flexibility index (Phi) is 5.81. The Balaban J connectivity index is 1.77. The summed E-state index contributed by atoms with van der Waals surface area (Å²) in [6, 6.07) is 19.1. The zero-order valence-corrected chi connectivity index (χ0v) is 15.7. The monoisotopic (exact) mass is 365 g/mol. The first-order chi connectivity index (χ1) is 13.1. The summed E-state index contributed by atoms with van der Waals surface area (Å²) in [7, 11) is 3.13. The van der Waals surface area contributed by atoms with Gasteiger partial charge in [0.2, 0.25) is 0 Å². The van der Waals surface area contributed by atoms with Crippen molar-refractivity contribution in [3.8, 4) is 17.2 Å². The van der Waals surface area contributed by atoms with Crippen molar-refractivity contribution in [3.63, 3.8) is 0 Å². The predicted octanol–water partition coefficient (Wildman–Crippen LogP) is 4.65. The Morgan fingerprint density at radius 2 is 1.67 bits per heavy atom. The molecule has 3 aromatic carbocycles. The minimum absolute atomic E-state index is 0.239. The second-order valence-corrected chi connectivity index (χ2v) is 6.08. The molecule has 5 nitrogen and oxygen atoms in total. The first-order valence-electron chi connectivity index (χ1n) is 8.83. The zero-order valence-electron chi connectivity index (χ0n) is 15.7. The number of benzene rings is 3. The van der Waals surface area contributed by atoms with Gasteiger partial charge < -0.3 is 19.5 Å². The third-order valence-electron chi connectivity index (χ3n) is 4.33. The van der Waals surface area contributed by atoms with Crippen molar-refractivity contribution in [1.82, 2.24) is 0 Å². The third-order valence-corrected chi connectivity index (χ3v) is 4.33. The third kappa shape index (κ3) is 4.31. The topological polar surface area (TPSA) is 56.8 Å². The second kappa shape index (κ2) is 8.45. The van der Waals surface area contributed by atoms with Crippen LogP contribution in [-0.2, 0) is 4.79 Å². The van der Waals surface area contributed by atoms with E-state index in [1.165, 1.54) is 0 Å². The summed E-state index contributed by atoms with van der Waals surface area (Å²) >= 11 is 0. The van der Waals surface area contributed by atoms with Crippen LogP contribution in [0.5, 0.6) is 17.2 Å². The lowest BCUT2D eigenvalue weighted by atomic mass is 10.1. The number of ether oxygens (including phenoxy) is 3. The second-order valence-electron chi connectivity index (χ2n) is 6.08. The molecule has 0 unspecified atom stereocenters. The van der Waals surface area contributed by atoms with E-state index in [1.807, 2.05) is 49.4 Å². The molecule has 1 N–H and O–H groups in total. The van der Waals surface area contributed by atoms with E-state index in [2.05, 4.69) is 5.32 Å². The number of carbonyl (C=O) groups excluding carboxylic acids is 1. The van der Waals surface area contributed by atoms with E-state index in [9.17, 15) is 4.79 Å². The van der Waals surface area contributed by atoms with E-state index >= 15 is 0 Å². The largest absolute Gasteiger partial charge is 0.497 e. The van der Waals surface area contributed by atoms with E-state index in [1.54, 1.807) is 32.4 Å². The summed E-state index contributed by atoms with van der Waals surface area (Å²) in [5, 5.41) is 5.07. The number of anilines is 1. The average Bonchev–Trinajstić information content (AvgIpc) is 2.71. The number of fused-ring (bicyclic) bond motifs is 1. The summed E-state index contributed by atoms with van der Waals surface area (Å²) in [6.45, 7) is 1.91. The predicted molar refractivity (Wildman–Crippen MR) is 107 cm³/mol. The summed E-state index contributed by atoms with van der Waals surface area (Å²) in [4.78, 5) is 12.7. The van der Waals surface area contributed by atoms with Crippen LogP contribution in [0.3, 0.4) is 0 Å². The molecule has 0 aliphatic rings. The first-order valence-corrected chi connectivity index (χ1v) is 8.83. The SMILES string of the molecule is CC[C@H](Oc1ccc2ccccc2c1)C(=O)Nc1cc(OC)ccc1OC. The Hall–Kier alpha value is -3.21. The number of amides is 1. The molecular formula is C22H23NO4. The lowest BCUT2D eigenvalue weighted by molar-refractivity contribution is -0.122. The summed E-state index contributed by atoms with van der Waals surface area (Å²) in [5.74, 6) is 1.62. The van der Waals surface area contributed by atoms with Gasteiger partial charge in [0.1, 0.15) is 17.2 Å². The highest BCUT2D eigenvalue weighted by Crippen LogP contribution is 2.29. The molecule has 3 aromatic rings. The molecule has 0 bridgehead atoms. The van der Waals surface area contributed by atoms with Gasteiger partial charge in [-0.1, -0.05) is 37.3 Å². The molecule has 1 amide bonds. The highest BCUT2D eigenvalue weighted by atomic mass is 16.5. The first kappa shape index (κ1) is 18.6. The molecule has 0 aliphatic heterocycles. The van der Waals surface area contributed by atoms with Gasteiger partial charge >= 0.3 is 0 Å². The minimum atomic E-state index is -0.623. The van der Waals surface area contributed by atoms with Crippen molar-refractivity contribution in [2.75, 3.05) is 19.5 Å². The van der Waals surface area contributed by atoms with Crippen LogP contribution in [-0.4, -0.2) is 26.2 Å². The fourth-order valence-corrected chi connectivity index (χ4v) is 2.85. The van der Waals surface area contributed by atoms with Crippen LogP contribution < -0.4 is 19.5 Å². The van der Waals surface area contributed by atoms with Crippen LogP contribution in [0, 0.1) is 0 Å². The smallest absolute Gasteiger partial charge is 0.265 e. The lowest BCUT2D eigenvalue weighted by Crippen LogP contribution is -2.32.